The molecule has 0 radical (unpaired) electrons. The van der Waals surface area contributed by atoms with E-state index in [1.807, 2.05) is 27.7 Å². The summed E-state index contributed by atoms with van der Waals surface area (Å²) in [7, 11) is 0. The molecule has 1 aliphatic rings. The maximum atomic E-state index is 12.5. The van der Waals surface area contributed by atoms with Gasteiger partial charge in [-0.2, -0.15) is 0 Å². The number of hydrogen-bond acceptors (Lipinski definition) is 2. The van der Waals surface area contributed by atoms with Gasteiger partial charge in [0.25, 0.3) is 0 Å². The third-order valence-corrected chi connectivity index (χ3v) is 3.89. The Morgan fingerprint density at radius 1 is 1.26 bits per heavy atom. The lowest BCUT2D eigenvalue weighted by atomic mass is 9.82. The van der Waals surface area contributed by atoms with E-state index >= 15 is 0 Å². The Balaban J connectivity index is 3.05. The molecule has 110 valence electrons. The molecule has 1 rings (SSSR count). The summed E-state index contributed by atoms with van der Waals surface area (Å²) >= 11 is 0. The Morgan fingerprint density at radius 3 is 2.26 bits per heavy atom. The highest BCUT2D eigenvalue weighted by molar-refractivity contribution is 5.97. The van der Waals surface area contributed by atoms with Crippen LogP contribution in [0.1, 0.15) is 54.4 Å². The van der Waals surface area contributed by atoms with Gasteiger partial charge in [0.1, 0.15) is 12.1 Å². The number of rotatable bonds is 4. The van der Waals surface area contributed by atoms with Crippen LogP contribution in [0.25, 0.3) is 0 Å². The molecule has 1 N–H and O–H groups in total. The molecule has 2 amide bonds. The number of piperazine rings is 1. The maximum Gasteiger partial charge on any atom is 0.245 e. The van der Waals surface area contributed by atoms with E-state index in [2.05, 4.69) is 19.2 Å². The Morgan fingerprint density at radius 2 is 1.84 bits per heavy atom. The number of nitrogens with zero attached hydrogens (tertiary/aromatic N) is 1. The number of nitrogens with one attached hydrogen (secondary N) is 1. The van der Waals surface area contributed by atoms with E-state index in [9.17, 15) is 9.59 Å². The van der Waals surface area contributed by atoms with Gasteiger partial charge in [-0.1, -0.05) is 48.0 Å². The average Bonchev–Trinajstić information content (AvgIpc) is 2.31. The van der Waals surface area contributed by atoms with Gasteiger partial charge in [0.15, 0.2) is 0 Å². The quantitative estimate of drug-likeness (QED) is 0.849. The summed E-state index contributed by atoms with van der Waals surface area (Å²) in [5.74, 6) is 0.474. The first-order valence-corrected chi connectivity index (χ1v) is 7.33. The van der Waals surface area contributed by atoms with Crippen LogP contribution in [-0.2, 0) is 9.59 Å². The Kier molecular flexibility index (Phi) is 4.99. The lowest BCUT2D eigenvalue weighted by Crippen LogP contribution is -2.67. The first-order valence-electron chi connectivity index (χ1n) is 7.33. The third-order valence-electron chi connectivity index (χ3n) is 3.89. The highest BCUT2D eigenvalue weighted by Crippen LogP contribution is 2.29. The van der Waals surface area contributed by atoms with E-state index in [1.165, 1.54) is 0 Å². The van der Waals surface area contributed by atoms with Gasteiger partial charge in [0, 0.05) is 6.54 Å². The van der Waals surface area contributed by atoms with Crippen LogP contribution in [0.15, 0.2) is 0 Å². The summed E-state index contributed by atoms with van der Waals surface area (Å²) < 4.78 is 0. The zero-order valence-corrected chi connectivity index (χ0v) is 13.1. The second-order valence-electron chi connectivity index (χ2n) is 6.74. The van der Waals surface area contributed by atoms with Gasteiger partial charge < -0.3 is 10.2 Å². The summed E-state index contributed by atoms with van der Waals surface area (Å²) in [6.45, 7) is 12.9. The molecule has 0 aliphatic carbocycles. The topological polar surface area (TPSA) is 49.4 Å². The van der Waals surface area contributed by atoms with E-state index < -0.39 is 0 Å². The average molecular weight is 268 g/mol. The van der Waals surface area contributed by atoms with Crippen molar-refractivity contribution in [3.8, 4) is 0 Å². The Labute approximate surface area is 116 Å². The lowest BCUT2D eigenvalue weighted by molar-refractivity contribution is -0.154. The van der Waals surface area contributed by atoms with E-state index in [0.29, 0.717) is 18.9 Å². The summed E-state index contributed by atoms with van der Waals surface area (Å²) in [4.78, 5) is 26.7. The van der Waals surface area contributed by atoms with Crippen molar-refractivity contribution >= 4 is 11.8 Å². The molecule has 3 atom stereocenters. The van der Waals surface area contributed by atoms with Gasteiger partial charge in [-0.3, -0.25) is 9.59 Å². The van der Waals surface area contributed by atoms with Gasteiger partial charge in [-0.25, -0.2) is 0 Å². The minimum absolute atomic E-state index is 0.0118. The van der Waals surface area contributed by atoms with Crippen LogP contribution in [-0.4, -0.2) is 35.3 Å². The molecule has 0 saturated carbocycles. The van der Waals surface area contributed by atoms with Crippen molar-refractivity contribution in [2.45, 2.75) is 66.5 Å². The summed E-state index contributed by atoms with van der Waals surface area (Å²) in [6, 6.07) is -0.716. The fourth-order valence-electron chi connectivity index (χ4n) is 2.58. The molecule has 19 heavy (non-hydrogen) atoms. The molecule has 4 nitrogen and oxygen atoms in total. The third kappa shape index (κ3) is 3.48. The van der Waals surface area contributed by atoms with Crippen molar-refractivity contribution in [2.24, 2.45) is 11.3 Å². The van der Waals surface area contributed by atoms with E-state index in [4.69, 9.17) is 0 Å². The maximum absolute atomic E-state index is 12.5. The van der Waals surface area contributed by atoms with Crippen molar-refractivity contribution in [1.82, 2.24) is 10.2 Å². The number of hydrogen-bond donors (Lipinski definition) is 1. The second-order valence-corrected chi connectivity index (χ2v) is 6.74. The minimum Gasteiger partial charge on any atom is -0.342 e. The summed E-state index contributed by atoms with van der Waals surface area (Å²) in [5.41, 5.74) is -0.244. The Hall–Kier alpha value is -1.06. The largest absolute Gasteiger partial charge is 0.342 e. The van der Waals surface area contributed by atoms with Gasteiger partial charge >= 0.3 is 0 Å². The zero-order chi connectivity index (χ0) is 14.8. The van der Waals surface area contributed by atoms with Gasteiger partial charge in [-0.05, 0) is 17.8 Å². The SMILES string of the molecule is CCC(C)CN1C(=O)C(CC)NC(=O)C1C(C)(C)C. The Bertz CT molecular complexity index is 347. The fourth-order valence-corrected chi connectivity index (χ4v) is 2.58. The number of amides is 2. The van der Waals surface area contributed by atoms with Crippen molar-refractivity contribution in [3.05, 3.63) is 0 Å². The molecule has 0 aromatic rings. The minimum atomic E-state index is -0.364. The molecule has 4 heteroatoms. The lowest BCUT2D eigenvalue weighted by Gasteiger charge is -2.45. The highest BCUT2D eigenvalue weighted by Gasteiger charge is 2.45. The molecule has 3 unspecified atom stereocenters. The van der Waals surface area contributed by atoms with Crippen LogP contribution >= 0.6 is 0 Å². The van der Waals surface area contributed by atoms with Gasteiger partial charge in [-0.15, -0.1) is 0 Å². The van der Waals surface area contributed by atoms with Crippen LogP contribution in [0, 0.1) is 11.3 Å². The predicted octanol–water partition coefficient (Wildman–Crippen LogP) is 2.18. The monoisotopic (exact) mass is 268 g/mol. The molecule has 1 heterocycles. The van der Waals surface area contributed by atoms with Crippen molar-refractivity contribution in [1.29, 1.82) is 0 Å². The number of carbonyl (C=O) groups is 2. The van der Waals surface area contributed by atoms with E-state index in [-0.39, 0.29) is 29.3 Å². The zero-order valence-electron chi connectivity index (χ0n) is 13.1. The van der Waals surface area contributed by atoms with Crippen LogP contribution < -0.4 is 5.32 Å². The summed E-state index contributed by atoms with van der Waals surface area (Å²) in [5, 5.41) is 2.86. The van der Waals surface area contributed by atoms with Crippen LogP contribution in [0.2, 0.25) is 0 Å². The van der Waals surface area contributed by atoms with Gasteiger partial charge in [0.05, 0.1) is 0 Å². The molecular formula is C15H28N2O2. The van der Waals surface area contributed by atoms with Crippen LogP contribution in [0.5, 0.6) is 0 Å². The molecule has 0 bridgehead atoms. The molecule has 0 aromatic carbocycles. The van der Waals surface area contributed by atoms with Crippen molar-refractivity contribution in [2.75, 3.05) is 6.54 Å². The van der Waals surface area contributed by atoms with Crippen LogP contribution in [0.3, 0.4) is 0 Å². The first kappa shape index (κ1) is 16.0. The molecule has 1 saturated heterocycles. The first-order chi connectivity index (χ1) is 8.72. The fraction of sp³-hybridized carbons (Fsp3) is 0.867. The second kappa shape index (κ2) is 5.93. The standard InChI is InChI=1S/C15H28N2O2/c1-7-10(3)9-17-12(15(4,5)6)13(18)16-11(8-2)14(17)19/h10-12H,7-9H2,1-6H3,(H,16,18). The molecule has 1 aliphatic heterocycles. The molecule has 0 aromatic heterocycles. The molecule has 1 fully saturated rings. The highest BCUT2D eigenvalue weighted by atomic mass is 16.2. The van der Waals surface area contributed by atoms with Gasteiger partial charge in [0.2, 0.25) is 11.8 Å². The summed E-state index contributed by atoms with van der Waals surface area (Å²) in [6.07, 6.45) is 1.66. The van der Waals surface area contributed by atoms with Crippen LogP contribution in [0.4, 0.5) is 0 Å². The van der Waals surface area contributed by atoms with E-state index in [1.54, 1.807) is 4.90 Å². The van der Waals surface area contributed by atoms with Crippen molar-refractivity contribution in [3.63, 3.8) is 0 Å². The normalized spacial score (nSPS) is 26.3. The molecule has 0 spiro atoms. The smallest absolute Gasteiger partial charge is 0.245 e. The van der Waals surface area contributed by atoms with E-state index in [0.717, 1.165) is 6.42 Å². The predicted molar refractivity (Wildman–Crippen MR) is 76.6 cm³/mol. The number of carbonyl (C=O) groups excluding carboxylic acids is 2. The van der Waals surface area contributed by atoms with Crippen molar-refractivity contribution < 1.29 is 9.59 Å². The molecular weight excluding hydrogens is 240 g/mol.